The van der Waals surface area contributed by atoms with E-state index in [0.717, 1.165) is 12.8 Å². The Kier molecular flexibility index (Phi) is 4.53. The van der Waals surface area contributed by atoms with E-state index in [9.17, 15) is 4.79 Å². The minimum Gasteiger partial charge on any atom is -0.493 e. The number of carbonyl (C=O) groups excluding carboxylic acids is 1. The molecule has 21 heavy (non-hydrogen) atoms. The maximum absolute atomic E-state index is 12.3. The predicted molar refractivity (Wildman–Crippen MR) is 75.7 cm³/mol. The van der Waals surface area contributed by atoms with E-state index in [2.05, 4.69) is 11.4 Å². The van der Waals surface area contributed by atoms with Crippen molar-refractivity contribution >= 4 is 5.91 Å². The molecule has 1 aromatic rings. The van der Waals surface area contributed by atoms with Crippen molar-refractivity contribution in [1.29, 1.82) is 5.26 Å². The summed E-state index contributed by atoms with van der Waals surface area (Å²) in [5.74, 6) is 1.17. The Morgan fingerprint density at radius 3 is 2.19 bits per heavy atom. The lowest BCUT2D eigenvalue weighted by molar-refractivity contribution is 0.0941. The molecule has 6 nitrogen and oxygen atoms in total. The second-order valence-corrected chi connectivity index (χ2v) is 4.83. The lowest BCUT2D eigenvalue weighted by Crippen LogP contribution is -2.35. The summed E-state index contributed by atoms with van der Waals surface area (Å²) in [6.45, 7) is 0. The minimum atomic E-state index is -0.448. The molecule has 0 spiro atoms. The summed E-state index contributed by atoms with van der Waals surface area (Å²) in [5, 5.41) is 11.8. The quantitative estimate of drug-likeness (QED) is 0.863. The molecule has 0 radical (unpaired) electrons. The Hall–Kier alpha value is -2.42. The molecule has 1 unspecified atom stereocenters. The molecule has 1 saturated carbocycles. The van der Waals surface area contributed by atoms with Gasteiger partial charge in [0, 0.05) is 5.56 Å². The van der Waals surface area contributed by atoms with Gasteiger partial charge in [0.1, 0.15) is 6.04 Å². The zero-order chi connectivity index (χ0) is 15.4. The van der Waals surface area contributed by atoms with Gasteiger partial charge in [-0.15, -0.1) is 0 Å². The highest BCUT2D eigenvalue weighted by atomic mass is 16.5. The van der Waals surface area contributed by atoms with Crippen LogP contribution in [0.2, 0.25) is 0 Å². The van der Waals surface area contributed by atoms with E-state index >= 15 is 0 Å². The van der Waals surface area contributed by atoms with Crippen molar-refractivity contribution in [2.24, 2.45) is 5.92 Å². The van der Waals surface area contributed by atoms with Gasteiger partial charge in [-0.1, -0.05) is 0 Å². The average molecular weight is 290 g/mol. The van der Waals surface area contributed by atoms with Crippen molar-refractivity contribution in [3.63, 3.8) is 0 Å². The van der Waals surface area contributed by atoms with E-state index in [-0.39, 0.29) is 11.8 Å². The van der Waals surface area contributed by atoms with Crippen LogP contribution in [-0.2, 0) is 0 Å². The van der Waals surface area contributed by atoms with Crippen LogP contribution in [0, 0.1) is 17.2 Å². The number of nitrogens with zero attached hydrogens (tertiary/aromatic N) is 1. The maximum Gasteiger partial charge on any atom is 0.252 e. The number of ether oxygens (including phenoxy) is 3. The monoisotopic (exact) mass is 290 g/mol. The molecule has 112 valence electrons. The molecule has 0 heterocycles. The second-order valence-electron chi connectivity index (χ2n) is 4.83. The SMILES string of the molecule is COc1cc(C(=O)NC(C#N)C2CC2)cc(OC)c1OC. The van der Waals surface area contributed by atoms with Crippen molar-refractivity contribution in [2.75, 3.05) is 21.3 Å². The molecule has 0 saturated heterocycles. The standard InChI is InChI=1S/C15H18N2O4/c1-19-12-6-10(7-13(20-2)14(12)21-3)15(18)17-11(8-16)9-4-5-9/h6-7,9,11H,4-5H2,1-3H3,(H,17,18). The molecule has 6 heteroatoms. The molecule has 1 aromatic carbocycles. The number of benzene rings is 1. The lowest BCUT2D eigenvalue weighted by Gasteiger charge is -2.15. The van der Waals surface area contributed by atoms with Crippen molar-refractivity contribution in [2.45, 2.75) is 18.9 Å². The van der Waals surface area contributed by atoms with Gasteiger partial charge in [-0.3, -0.25) is 4.79 Å². The Labute approximate surface area is 123 Å². The van der Waals surface area contributed by atoms with Crippen LogP contribution in [0.15, 0.2) is 12.1 Å². The fraction of sp³-hybridized carbons (Fsp3) is 0.467. The van der Waals surface area contributed by atoms with Crippen molar-refractivity contribution in [3.8, 4) is 23.3 Å². The van der Waals surface area contributed by atoms with Crippen LogP contribution in [0.1, 0.15) is 23.2 Å². The van der Waals surface area contributed by atoms with Crippen LogP contribution in [0.5, 0.6) is 17.2 Å². The zero-order valence-corrected chi connectivity index (χ0v) is 12.3. The van der Waals surface area contributed by atoms with Crippen LogP contribution >= 0.6 is 0 Å². The number of hydrogen-bond acceptors (Lipinski definition) is 5. The highest BCUT2D eigenvalue weighted by molar-refractivity contribution is 5.96. The molecule has 1 N–H and O–H groups in total. The van der Waals surface area contributed by atoms with E-state index in [0.29, 0.717) is 22.8 Å². The van der Waals surface area contributed by atoms with Gasteiger partial charge in [0.25, 0.3) is 5.91 Å². The number of methoxy groups -OCH3 is 3. The largest absolute Gasteiger partial charge is 0.493 e. The number of rotatable bonds is 6. The predicted octanol–water partition coefficient (Wildman–Crippen LogP) is 1.74. The smallest absolute Gasteiger partial charge is 0.252 e. The third-order valence-corrected chi connectivity index (χ3v) is 3.45. The number of nitrogens with one attached hydrogen (secondary N) is 1. The number of hydrogen-bond donors (Lipinski definition) is 1. The first-order valence-corrected chi connectivity index (χ1v) is 6.65. The van der Waals surface area contributed by atoms with E-state index in [1.54, 1.807) is 12.1 Å². The highest BCUT2D eigenvalue weighted by Gasteiger charge is 2.32. The molecule has 1 fully saturated rings. The third-order valence-electron chi connectivity index (χ3n) is 3.45. The van der Waals surface area contributed by atoms with Gasteiger partial charge in [-0.2, -0.15) is 5.26 Å². The summed E-state index contributed by atoms with van der Waals surface area (Å²) >= 11 is 0. The summed E-state index contributed by atoms with van der Waals surface area (Å²) in [6.07, 6.45) is 1.96. The minimum absolute atomic E-state index is 0.265. The fourth-order valence-electron chi connectivity index (χ4n) is 2.12. The topological polar surface area (TPSA) is 80.6 Å². The van der Waals surface area contributed by atoms with Gasteiger partial charge in [-0.25, -0.2) is 0 Å². The first-order valence-electron chi connectivity index (χ1n) is 6.65. The van der Waals surface area contributed by atoms with E-state index < -0.39 is 6.04 Å². The fourth-order valence-corrected chi connectivity index (χ4v) is 2.12. The molecule has 0 aromatic heterocycles. The summed E-state index contributed by atoms with van der Waals surface area (Å²) in [5.41, 5.74) is 0.366. The van der Waals surface area contributed by atoms with E-state index in [1.165, 1.54) is 21.3 Å². The van der Waals surface area contributed by atoms with Crippen molar-refractivity contribution in [3.05, 3.63) is 17.7 Å². The van der Waals surface area contributed by atoms with E-state index in [1.807, 2.05) is 0 Å². The normalized spacial score (nSPS) is 14.8. The van der Waals surface area contributed by atoms with Crippen LogP contribution < -0.4 is 19.5 Å². The zero-order valence-electron chi connectivity index (χ0n) is 12.3. The maximum atomic E-state index is 12.3. The van der Waals surface area contributed by atoms with Gasteiger partial charge in [0.15, 0.2) is 11.5 Å². The summed E-state index contributed by atoms with van der Waals surface area (Å²) in [7, 11) is 4.47. The highest BCUT2D eigenvalue weighted by Crippen LogP contribution is 2.38. The molecule has 1 atom stereocenters. The Bertz CT molecular complexity index is 551. The van der Waals surface area contributed by atoms with E-state index in [4.69, 9.17) is 19.5 Å². The van der Waals surface area contributed by atoms with Crippen LogP contribution in [0.25, 0.3) is 0 Å². The molecular weight excluding hydrogens is 272 g/mol. The summed E-state index contributed by atoms with van der Waals surface area (Å²) in [6, 6.07) is 4.81. The molecule has 1 aliphatic carbocycles. The summed E-state index contributed by atoms with van der Waals surface area (Å²) in [4.78, 5) is 12.3. The molecule has 0 aliphatic heterocycles. The van der Waals surface area contributed by atoms with Crippen molar-refractivity contribution < 1.29 is 19.0 Å². The molecule has 1 amide bonds. The molecule has 0 bridgehead atoms. The first-order chi connectivity index (χ1) is 10.1. The average Bonchev–Trinajstić information content (AvgIpc) is 3.35. The molecule has 2 rings (SSSR count). The van der Waals surface area contributed by atoms with Gasteiger partial charge < -0.3 is 19.5 Å². The van der Waals surface area contributed by atoms with Crippen LogP contribution in [0.3, 0.4) is 0 Å². The van der Waals surface area contributed by atoms with Gasteiger partial charge in [-0.05, 0) is 30.9 Å². The van der Waals surface area contributed by atoms with Gasteiger partial charge >= 0.3 is 0 Å². The van der Waals surface area contributed by atoms with Gasteiger partial charge in [0.05, 0.1) is 27.4 Å². The Morgan fingerprint density at radius 1 is 1.24 bits per heavy atom. The molecule has 1 aliphatic rings. The molecular formula is C15H18N2O4. The van der Waals surface area contributed by atoms with Crippen LogP contribution in [-0.4, -0.2) is 33.3 Å². The first kappa shape index (κ1) is 15.0. The summed E-state index contributed by atoms with van der Waals surface area (Å²) < 4.78 is 15.6. The van der Waals surface area contributed by atoms with Crippen LogP contribution in [0.4, 0.5) is 0 Å². The number of carbonyl (C=O) groups is 1. The number of nitriles is 1. The third kappa shape index (κ3) is 3.19. The van der Waals surface area contributed by atoms with Gasteiger partial charge in [0.2, 0.25) is 5.75 Å². The number of amides is 1. The van der Waals surface area contributed by atoms with Crippen molar-refractivity contribution in [1.82, 2.24) is 5.32 Å². The lowest BCUT2D eigenvalue weighted by atomic mass is 10.1. The second kappa shape index (κ2) is 6.35. The Balaban J connectivity index is 2.26. The Morgan fingerprint density at radius 2 is 1.81 bits per heavy atom.